The van der Waals surface area contributed by atoms with E-state index in [0.717, 1.165) is 18.9 Å². The van der Waals surface area contributed by atoms with Gasteiger partial charge in [0.2, 0.25) is 11.9 Å². The minimum Gasteiger partial charge on any atom is -0.467 e. The first kappa shape index (κ1) is 10.7. The molecule has 2 aromatic rings. The van der Waals surface area contributed by atoms with E-state index in [1.165, 1.54) is 7.11 Å². The Morgan fingerprint density at radius 1 is 1.28 bits per heavy atom. The van der Waals surface area contributed by atoms with Crippen molar-refractivity contribution >= 4 is 11.9 Å². The third-order valence-electron chi connectivity index (χ3n) is 2.72. The molecular formula is C9H12N8O. The van der Waals surface area contributed by atoms with E-state index in [1.54, 1.807) is 6.33 Å². The first-order valence-electron chi connectivity index (χ1n) is 5.43. The number of nitrogen functional groups attached to an aromatic ring is 1. The molecule has 0 fully saturated rings. The number of hydrogen-bond acceptors (Lipinski definition) is 8. The van der Waals surface area contributed by atoms with E-state index in [1.807, 2.05) is 9.47 Å². The van der Waals surface area contributed by atoms with Gasteiger partial charge in [-0.3, -0.25) is 0 Å². The Bertz CT molecular complexity index is 567. The summed E-state index contributed by atoms with van der Waals surface area (Å²) >= 11 is 0. The number of nitrogens with two attached hydrogens (primary N) is 1. The van der Waals surface area contributed by atoms with Gasteiger partial charge in [-0.25, -0.2) is 0 Å². The van der Waals surface area contributed by atoms with Crippen LogP contribution in [0.1, 0.15) is 5.82 Å². The summed E-state index contributed by atoms with van der Waals surface area (Å²) in [4.78, 5) is 14.1. The summed E-state index contributed by atoms with van der Waals surface area (Å²) in [6.45, 7) is 2.14. The summed E-state index contributed by atoms with van der Waals surface area (Å²) in [7, 11) is 1.49. The highest BCUT2D eigenvalue weighted by Crippen LogP contribution is 2.18. The molecule has 1 aliphatic heterocycles. The molecule has 0 spiro atoms. The minimum atomic E-state index is 0.142. The van der Waals surface area contributed by atoms with E-state index in [-0.39, 0.29) is 12.0 Å². The van der Waals surface area contributed by atoms with Crippen LogP contribution in [0, 0.1) is 0 Å². The molecule has 2 aromatic heterocycles. The average Bonchev–Trinajstić information content (AvgIpc) is 2.85. The Kier molecular flexibility index (Phi) is 2.43. The van der Waals surface area contributed by atoms with Crippen LogP contribution in [0.3, 0.4) is 0 Å². The van der Waals surface area contributed by atoms with E-state index in [9.17, 15) is 0 Å². The Morgan fingerprint density at radius 2 is 2.17 bits per heavy atom. The Hall–Kier alpha value is -2.45. The van der Waals surface area contributed by atoms with Crippen molar-refractivity contribution in [3.05, 3.63) is 12.2 Å². The van der Waals surface area contributed by atoms with Crippen LogP contribution in [0.25, 0.3) is 0 Å². The Labute approximate surface area is 103 Å². The van der Waals surface area contributed by atoms with Gasteiger partial charge in [-0.15, -0.1) is 10.2 Å². The quantitative estimate of drug-likeness (QED) is 0.726. The van der Waals surface area contributed by atoms with E-state index in [2.05, 4.69) is 25.1 Å². The van der Waals surface area contributed by atoms with Crippen LogP contribution in [0.4, 0.5) is 11.9 Å². The lowest BCUT2D eigenvalue weighted by atomic mass is 10.4. The van der Waals surface area contributed by atoms with Crippen LogP contribution in [0.2, 0.25) is 0 Å². The second kappa shape index (κ2) is 4.09. The highest BCUT2D eigenvalue weighted by atomic mass is 16.5. The first-order chi connectivity index (χ1) is 8.76. The van der Waals surface area contributed by atoms with Crippen molar-refractivity contribution < 1.29 is 4.74 Å². The van der Waals surface area contributed by atoms with Crippen LogP contribution in [-0.2, 0) is 13.1 Å². The molecule has 0 saturated carbocycles. The number of aromatic nitrogens is 6. The van der Waals surface area contributed by atoms with Crippen LogP contribution < -0.4 is 15.4 Å². The monoisotopic (exact) mass is 248 g/mol. The molecule has 0 saturated heterocycles. The van der Waals surface area contributed by atoms with Crippen LogP contribution in [0.15, 0.2) is 6.33 Å². The highest BCUT2D eigenvalue weighted by Gasteiger charge is 2.20. The lowest BCUT2D eigenvalue weighted by Gasteiger charge is -2.26. The molecule has 2 N–H and O–H groups in total. The maximum absolute atomic E-state index is 5.61. The molecule has 0 bridgehead atoms. The van der Waals surface area contributed by atoms with Crippen LogP contribution in [0.5, 0.6) is 6.01 Å². The molecule has 0 aliphatic carbocycles. The SMILES string of the molecule is COc1nc(N)nc(N2CCn3cnnc3C2)n1. The van der Waals surface area contributed by atoms with Crippen molar-refractivity contribution in [3.8, 4) is 6.01 Å². The van der Waals surface area contributed by atoms with Gasteiger partial charge in [0.05, 0.1) is 13.7 Å². The molecule has 3 heterocycles. The summed E-state index contributed by atoms with van der Waals surface area (Å²) < 4.78 is 6.98. The van der Waals surface area contributed by atoms with E-state index < -0.39 is 0 Å². The fourth-order valence-electron chi connectivity index (χ4n) is 1.83. The van der Waals surface area contributed by atoms with Gasteiger partial charge in [-0.2, -0.15) is 15.0 Å². The van der Waals surface area contributed by atoms with Crippen molar-refractivity contribution in [1.82, 2.24) is 29.7 Å². The zero-order valence-electron chi connectivity index (χ0n) is 9.81. The maximum Gasteiger partial charge on any atom is 0.322 e. The number of hydrogen-bond donors (Lipinski definition) is 1. The Balaban J connectivity index is 1.90. The van der Waals surface area contributed by atoms with E-state index >= 15 is 0 Å². The summed E-state index contributed by atoms with van der Waals surface area (Å²) in [5.41, 5.74) is 5.61. The van der Waals surface area contributed by atoms with Crippen molar-refractivity contribution in [3.63, 3.8) is 0 Å². The molecule has 0 aromatic carbocycles. The molecule has 9 nitrogen and oxygen atoms in total. The van der Waals surface area contributed by atoms with E-state index in [0.29, 0.717) is 12.5 Å². The predicted molar refractivity (Wildman–Crippen MR) is 61.9 cm³/mol. The molecule has 0 unspecified atom stereocenters. The average molecular weight is 248 g/mol. The second-order valence-corrected chi connectivity index (χ2v) is 3.84. The van der Waals surface area contributed by atoms with Crippen LogP contribution in [-0.4, -0.2) is 43.4 Å². The molecule has 3 rings (SSSR count). The van der Waals surface area contributed by atoms with Crippen molar-refractivity contribution in [2.75, 3.05) is 24.3 Å². The molecule has 0 radical (unpaired) electrons. The topological polar surface area (TPSA) is 108 Å². The van der Waals surface area contributed by atoms with Crippen LogP contribution >= 0.6 is 0 Å². The zero-order valence-corrected chi connectivity index (χ0v) is 9.81. The fraction of sp³-hybridized carbons (Fsp3) is 0.444. The van der Waals surface area contributed by atoms with Crippen molar-refractivity contribution in [2.24, 2.45) is 0 Å². The molecule has 0 atom stereocenters. The third-order valence-corrected chi connectivity index (χ3v) is 2.72. The van der Waals surface area contributed by atoms with Gasteiger partial charge in [0.15, 0.2) is 5.82 Å². The van der Waals surface area contributed by atoms with Gasteiger partial charge in [-0.1, -0.05) is 0 Å². The summed E-state index contributed by atoms with van der Waals surface area (Å²) in [5, 5.41) is 7.90. The normalized spacial score (nSPS) is 14.4. The number of rotatable bonds is 2. The van der Waals surface area contributed by atoms with Gasteiger partial charge >= 0.3 is 6.01 Å². The minimum absolute atomic E-state index is 0.142. The molecule has 0 amide bonds. The number of ether oxygens (including phenoxy) is 1. The summed E-state index contributed by atoms with van der Waals surface area (Å²) in [6.07, 6.45) is 1.72. The zero-order chi connectivity index (χ0) is 12.5. The van der Waals surface area contributed by atoms with Crippen molar-refractivity contribution in [2.45, 2.75) is 13.1 Å². The molecule has 94 valence electrons. The lowest BCUT2D eigenvalue weighted by Crippen LogP contribution is -2.35. The summed E-state index contributed by atoms with van der Waals surface area (Å²) in [5.74, 6) is 1.51. The van der Waals surface area contributed by atoms with Gasteiger partial charge < -0.3 is 19.9 Å². The number of anilines is 2. The predicted octanol–water partition coefficient (Wildman–Crippen LogP) is -0.926. The fourth-order valence-corrected chi connectivity index (χ4v) is 1.83. The van der Waals surface area contributed by atoms with Gasteiger partial charge in [-0.05, 0) is 0 Å². The van der Waals surface area contributed by atoms with Gasteiger partial charge in [0, 0.05) is 13.1 Å². The smallest absolute Gasteiger partial charge is 0.322 e. The lowest BCUT2D eigenvalue weighted by molar-refractivity contribution is 0.378. The number of methoxy groups -OCH3 is 1. The largest absolute Gasteiger partial charge is 0.467 e. The van der Waals surface area contributed by atoms with Gasteiger partial charge in [0.25, 0.3) is 0 Å². The van der Waals surface area contributed by atoms with E-state index in [4.69, 9.17) is 10.5 Å². The maximum atomic E-state index is 5.61. The number of fused-ring (bicyclic) bond motifs is 1. The Morgan fingerprint density at radius 3 is 3.00 bits per heavy atom. The van der Waals surface area contributed by atoms with Gasteiger partial charge in [0.1, 0.15) is 6.33 Å². The molecule has 18 heavy (non-hydrogen) atoms. The molecule has 9 heteroatoms. The molecular weight excluding hydrogens is 236 g/mol. The second-order valence-electron chi connectivity index (χ2n) is 3.84. The standard InChI is InChI=1S/C9H12N8O/c1-18-9-13-7(10)12-8(14-9)16-2-3-17-5-11-15-6(17)4-16/h5H,2-4H2,1H3,(H2,10,12,13,14). The first-order valence-corrected chi connectivity index (χ1v) is 5.43. The van der Waals surface area contributed by atoms with Crippen molar-refractivity contribution in [1.29, 1.82) is 0 Å². The third kappa shape index (κ3) is 1.79. The highest BCUT2D eigenvalue weighted by molar-refractivity contribution is 5.36. The molecule has 1 aliphatic rings. The number of nitrogens with zero attached hydrogens (tertiary/aromatic N) is 7. The summed E-state index contributed by atoms with van der Waals surface area (Å²) in [6, 6.07) is 0.213.